The molecule has 710 valence electrons. The Labute approximate surface area is 744 Å². The van der Waals surface area contributed by atoms with Crippen LogP contribution in [0.15, 0.2) is 0 Å². The van der Waals surface area contributed by atoms with E-state index in [2.05, 4.69) is 65.2 Å². The van der Waals surface area contributed by atoms with Gasteiger partial charge in [0.05, 0.1) is 74.1 Å². The van der Waals surface area contributed by atoms with E-state index in [0.717, 1.165) is 270 Å². The molecule has 0 heterocycles. The van der Waals surface area contributed by atoms with Crippen LogP contribution in [0.25, 0.3) is 0 Å². The number of ether oxygens (including phenoxy) is 6. The molecule has 4 atom stereocenters. The number of hydrogen-bond acceptors (Lipinski definition) is 14. The second-order valence-electron chi connectivity index (χ2n) is 38.4. The molecule has 0 aliphatic heterocycles. The Kier molecular flexibility index (Phi) is 84.1. The molecule has 0 aromatic carbocycles. The van der Waals surface area contributed by atoms with E-state index in [1.165, 1.54) is 205 Å². The summed E-state index contributed by atoms with van der Waals surface area (Å²) in [6, 6.07) is 0. The second-order valence-corrected chi connectivity index (χ2v) is 38.4. The Morgan fingerprint density at radius 3 is 0.533 bits per heavy atom. The summed E-state index contributed by atoms with van der Waals surface area (Å²) in [7, 11) is 0. The van der Waals surface area contributed by atoms with Crippen molar-refractivity contribution in [3.8, 4) is 0 Å². The number of carbonyl (C=O) groups excluding carboxylic acids is 6. The molecule has 120 heavy (non-hydrogen) atoms. The summed E-state index contributed by atoms with van der Waals surface area (Å²) in [6.45, 7) is 34.4. The zero-order valence-electron chi connectivity index (χ0n) is 82.1. The highest BCUT2D eigenvalue weighted by molar-refractivity contribution is 5.78. The van der Waals surface area contributed by atoms with E-state index >= 15 is 0 Å². The van der Waals surface area contributed by atoms with Gasteiger partial charge in [-0.15, -0.1) is 0 Å². The summed E-state index contributed by atoms with van der Waals surface area (Å²) in [5.74, 6) is -0.215. The van der Waals surface area contributed by atoms with Gasteiger partial charge in [0, 0.05) is 0 Å². The standard InChI is InChI=1S/C106H204N2O12/c1-13-21-29-37-41-57-77-95(73-53-33-25-17-5)99(109)115-89-67-49-45-61-83-107(84-62-46-50-68-90-116-100(110)96(74-54-34-26-18-6)78-58-42-38-30-22-14-2)87-65-71-93-119-103(113)105(9,10)81-82-106(11,12)104(114)120-94-72-66-88-108(85-63-47-51-69-91-117-101(111)97(75-55-35-27-19-7)79-59-43-39-31-23-15-3)86-64-48-52-70-92-118-102(112)98(76-56-36-28-20-8)80-60-44-40-32-24-16-4/h95-98H,13-94H2,1-12H3. The Morgan fingerprint density at radius 2 is 0.333 bits per heavy atom. The van der Waals surface area contributed by atoms with Crippen molar-refractivity contribution in [3.63, 3.8) is 0 Å². The first-order valence-corrected chi connectivity index (χ1v) is 52.9. The quantitative estimate of drug-likeness (QED) is 0.0321. The minimum atomic E-state index is -0.760. The van der Waals surface area contributed by atoms with Gasteiger partial charge in [-0.05, 0) is 208 Å². The first kappa shape index (κ1) is 117. The van der Waals surface area contributed by atoms with Crippen LogP contribution in [0.3, 0.4) is 0 Å². The molecule has 0 N–H and O–H groups in total. The van der Waals surface area contributed by atoms with E-state index in [9.17, 15) is 28.8 Å². The van der Waals surface area contributed by atoms with Crippen LogP contribution in [0.1, 0.15) is 533 Å². The molecule has 4 unspecified atom stereocenters. The lowest BCUT2D eigenvalue weighted by Gasteiger charge is -2.28. The molecule has 0 aromatic rings. The van der Waals surface area contributed by atoms with Gasteiger partial charge in [0.1, 0.15) is 0 Å². The van der Waals surface area contributed by atoms with Gasteiger partial charge in [0.25, 0.3) is 0 Å². The molecule has 0 radical (unpaired) electrons. The summed E-state index contributed by atoms with van der Waals surface area (Å²) in [6.07, 6.45) is 77.1. The first-order valence-electron chi connectivity index (χ1n) is 52.9. The highest BCUT2D eigenvalue weighted by Gasteiger charge is 2.36. The van der Waals surface area contributed by atoms with E-state index < -0.39 is 10.8 Å². The molecule has 0 saturated heterocycles. The van der Waals surface area contributed by atoms with Crippen molar-refractivity contribution in [2.45, 2.75) is 533 Å². The van der Waals surface area contributed by atoms with E-state index in [4.69, 9.17) is 28.4 Å². The van der Waals surface area contributed by atoms with Crippen LogP contribution < -0.4 is 0 Å². The Morgan fingerprint density at radius 1 is 0.192 bits per heavy atom. The molecule has 0 aliphatic carbocycles. The third-order valence-electron chi connectivity index (χ3n) is 25.7. The smallest absolute Gasteiger partial charge is 0.311 e. The van der Waals surface area contributed by atoms with E-state index in [1.807, 2.05) is 27.7 Å². The molecule has 0 rings (SSSR count). The van der Waals surface area contributed by atoms with Gasteiger partial charge in [0.2, 0.25) is 0 Å². The van der Waals surface area contributed by atoms with Crippen molar-refractivity contribution in [3.05, 3.63) is 0 Å². The van der Waals surface area contributed by atoms with Gasteiger partial charge in [-0.3, -0.25) is 28.8 Å². The van der Waals surface area contributed by atoms with Crippen LogP contribution in [0, 0.1) is 34.5 Å². The summed E-state index contributed by atoms with van der Waals surface area (Å²) in [4.78, 5) is 86.2. The van der Waals surface area contributed by atoms with Gasteiger partial charge >= 0.3 is 35.8 Å². The fourth-order valence-corrected chi connectivity index (χ4v) is 16.9. The monoisotopic (exact) mass is 1700 g/mol. The lowest BCUT2D eigenvalue weighted by atomic mass is 9.79. The predicted octanol–water partition coefficient (Wildman–Crippen LogP) is 30.8. The fraction of sp³-hybridized carbons (Fsp3) is 0.943. The first-order chi connectivity index (χ1) is 58.4. The van der Waals surface area contributed by atoms with Gasteiger partial charge < -0.3 is 38.2 Å². The third-order valence-corrected chi connectivity index (χ3v) is 25.7. The Balaban J connectivity index is 5.66. The van der Waals surface area contributed by atoms with Gasteiger partial charge in [0.15, 0.2) is 0 Å². The summed E-state index contributed by atoms with van der Waals surface area (Å²) >= 11 is 0. The molecule has 14 nitrogen and oxygen atoms in total. The van der Waals surface area contributed by atoms with Crippen molar-refractivity contribution in [2.24, 2.45) is 34.5 Å². The topological polar surface area (TPSA) is 164 Å². The van der Waals surface area contributed by atoms with Crippen molar-refractivity contribution >= 4 is 35.8 Å². The summed E-state index contributed by atoms with van der Waals surface area (Å²) in [5.41, 5.74) is -1.52. The Bertz CT molecular complexity index is 2010. The molecule has 0 bridgehead atoms. The lowest BCUT2D eigenvalue weighted by Crippen LogP contribution is -2.33. The normalized spacial score (nSPS) is 12.9. The van der Waals surface area contributed by atoms with E-state index in [0.29, 0.717) is 52.5 Å². The maximum atomic E-state index is 13.8. The molecule has 0 amide bonds. The SMILES string of the molecule is CCCCCCCCC(CCCCCC)C(=O)OCCCCCCN(CCCCCCOC(=O)C(CCCCCC)CCCCCCCC)CCCCOC(=O)C(C)(C)CCC(C)(C)C(=O)OCCCCN(CCCCCCOC(=O)C(CCCCCC)CCCCCCCC)CCCCCCOC(=O)C(CCCCCC)CCCCCCCC. The second kappa shape index (κ2) is 86.5. The number of hydrogen-bond donors (Lipinski definition) is 0. The average Bonchev–Trinajstić information content (AvgIpc) is 0.848. The summed E-state index contributed by atoms with van der Waals surface area (Å²) < 4.78 is 35.9. The minimum Gasteiger partial charge on any atom is -0.465 e. The zero-order valence-corrected chi connectivity index (χ0v) is 82.1. The van der Waals surface area contributed by atoms with Crippen LogP contribution in [-0.4, -0.2) is 125 Å². The van der Waals surface area contributed by atoms with Crippen LogP contribution in [0.2, 0.25) is 0 Å². The Hall–Kier alpha value is -3.26. The molecule has 0 fully saturated rings. The number of carbonyl (C=O) groups is 6. The maximum Gasteiger partial charge on any atom is 0.311 e. The third kappa shape index (κ3) is 71.8. The maximum absolute atomic E-state index is 13.8. The number of unbranched alkanes of at least 4 members (excludes halogenated alkanes) is 46. The van der Waals surface area contributed by atoms with Crippen molar-refractivity contribution in [1.82, 2.24) is 9.80 Å². The molecule has 0 spiro atoms. The molecular weight excluding hydrogens is 1490 g/mol. The van der Waals surface area contributed by atoms with Crippen molar-refractivity contribution in [1.29, 1.82) is 0 Å². The number of esters is 6. The van der Waals surface area contributed by atoms with E-state index in [1.54, 1.807) is 0 Å². The molecule has 0 saturated carbocycles. The lowest BCUT2D eigenvalue weighted by molar-refractivity contribution is -0.158. The summed E-state index contributed by atoms with van der Waals surface area (Å²) in [5, 5.41) is 0. The largest absolute Gasteiger partial charge is 0.465 e. The minimum absolute atomic E-state index is 0.0235. The van der Waals surface area contributed by atoms with Crippen molar-refractivity contribution in [2.75, 3.05) is 78.9 Å². The van der Waals surface area contributed by atoms with Gasteiger partial charge in [-0.25, -0.2) is 0 Å². The van der Waals surface area contributed by atoms with Crippen LogP contribution in [0.4, 0.5) is 0 Å². The highest BCUT2D eigenvalue weighted by Crippen LogP contribution is 2.34. The van der Waals surface area contributed by atoms with E-state index in [-0.39, 0.29) is 59.5 Å². The molecule has 14 heteroatoms. The number of nitrogens with zero attached hydrogens (tertiary/aromatic N) is 2. The van der Waals surface area contributed by atoms with Gasteiger partial charge in [-0.1, -0.05) is 364 Å². The highest BCUT2D eigenvalue weighted by atomic mass is 16.6. The predicted molar refractivity (Wildman–Crippen MR) is 509 cm³/mol. The molecular formula is C106H204N2O12. The van der Waals surface area contributed by atoms with Crippen LogP contribution >= 0.6 is 0 Å². The fourth-order valence-electron chi connectivity index (χ4n) is 16.9. The molecule has 0 aromatic heterocycles. The zero-order chi connectivity index (χ0) is 88.2. The van der Waals surface area contributed by atoms with Crippen LogP contribution in [0.5, 0.6) is 0 Å². The van der Waals surface area contributed by atoms with Crippen molar-refractivity contribution < 1.29 is 57.2 Å². The van der Waals surface area contributed by atoms with Crippen LogP contribution in [-0.2, 0) is 57.2 Å². The van der Waals surface area contributed by atoms with Gasteiger partial charge in [-0.2, -0.15) is 0 Å². The molecule has 0 aliphatic rings. The number of rotatable bonds is 95. The average molecular weight is 1700 g/mol.